The number of thioether (sulfide) groups is 1. The number of halogens is 1. The molecule has 0 aliphatic rings. The van der Waals surface area contributed by atoms with Crippen LogP contribution in [-0.2, 0) is 11.2 Å². The van der Waals surface area contributed by atoms with Gasteiger partial charge in [0.25, 0.3) is 5.22 Å². The summed E-state index contributed by atoms with van der Waals surface area (Å²) in [4.78, 5) is 11.6. The van der Waals surface area contributed by atoms with Crippen molar-refractivity contribution in [2.45, 2.75) is 38.5 Å². The van der Waals surface area contributed by atoms with E-state index in [1.54, 1.807) is 12.1 Å². The second-order valence-electron chi connectivity index (χ2n) is 5.43. The largest absolute Gasteiger partial charge is 0.493 e. The van der Waals surface area contributed by atoms with Crippen molar-refractivity contribution in [3.8, 4) is 11.5 Å². The van der Waals surface area contributed by atoms with Crippen molar-refractivity contribution in [3.63, 3.8) is 0 Å². The molecule has 0 spiro atoms. The molecule has 1 heterocycles. The molecule has 9 heteroatoms. The van der Waals surface area contributed by atoms with Gasteiger partial charge in [0.05, 0.1) is 18.2 Å². The van der Waals surface area contributed by atoms with E-state index >= 15 is 0 Å². The molecule has 0 saturated carbocycles. The van der Waals surface area contributed by atoms with Gasteiger partial charge in [-0.15, -0.1) is 10.2 Å². The molecule has 0 amide bonds. The molecule has 1 N–H and O–H groups in total. The lowest BCUT2D eigenvalue weighted by atomic mass is 10.2. The van der Waals surface area contributed by atoms with Crippen molar-refractivity contribution >= 4 is 35.4 Å². The predicted octanol–water partition coefficient (Wildman–Crippen LogP) is 4.30. The molecule has 0 bridgehead atoms. The van der Waals surface area contributed by atoms with Crippen molar-refractivity contribution in [3.05, 3.63) is 33.5 Å². The van der Waals surface area contributed by atoms with Gasteiger partial charge in [-0.05, 0) is 49.4 Å². The van der Waals surface area contributed by atoms with Crippen molar-refractivity contribution < 1.29 is 23.8 Å². The Morgan fingerprint density at radius 3 is 2.69 bits per heavy atom. The van der Waals surface area contributed by atoms with E-state index in [0.29, 0.717) is 34.4 Å². The van der Waals surface area contributed by atoms with Crippen LogP contribution < -0.4 is 9.47 Å². The van der Waals surface area contributed by atoms with E-state index in [1.165, 1.54) is 13.2 Å². The summed E-state index contributed by atoms with van der Waals surface area (Å²) in [5.74, 6) is 0.148. The number of carbonyl (C=O) groups is 1. The number of hydrogen-bond donors (Lipinski definition) is 1. The smallest absolute Gasteiger partial charge is 0.342 e. The number of aromatic nitrogens is 2. The number of ether oxygens (including phenoxy) is 2. The molecule has 0 fully saturated rings. The van der Waals surface area contributed by atoms with Crippen LogP contribution >= 0.6 is 23.4 Å². The van der Waals surface area contributed by atoms with Gasteiger partial charge in [0, 0.05) is 6.42 Å². The van der Waals surface area contributed by atoms with E-state index in [4.69, 9.17) is 25.5 Å². The van der Waals surface area contributed by atoms with Crippen LogP contribution in [0.2, 0.25) is 5.02 Å². The van der Waals surface area contributed by atoms with Gasteiger partial charge < -0.3 is 19.0 Å². The number of methoxy groups -OCH3 is 1. The first-order valence-corrected chi connectivity index (χ1v) is 9.02. The van der Waals surface area contributed by atoms with Crippen molar-refractivity contribution in [2.75, 3.05) is 7.11 Å². The number of rotatable bonds is 8. The third-order valence-corrected chi connectivity index (χ3v) is 4.19. The summed E-state index contributed by atoms with van der Waals surface area (Å²) in [5, 5.41) is 17.6. The first kappa shape index (κ1) is 20.1. The van der Waals surface area contributed by atoms with Gasteiger partial charge >= 0.3 is 5.97 Å². The first-order chi connectivity index (χ1) is 12.3. The molecular weight excluding hydrogens is 380 g/mol. The maximum Gasteiger partial charge on any atom is 0.342 e. The molecule has 1 aromatic heterocycles. The number of benzene rings is 1. The lowest BCUT2D eigenvalue weighted by Crippen LogP contribution is -2.07. The van der Waals surface area contributed by atoms with Gasteiger partial charge in [0.1, 0.15) is 4.91 Å². The lowest BCUT2D eigenvalue weighted by molar-refractivity contribution is -0.131. The van der Waals surface area contributed by atoms with Crippen LogP contribution in [0.3, 0.4) is 0 Å². The Bertz CT molecular complexity index is 819. The van der Waals surface area contributed by atoms with Crippen LogP contribution in [0.25, 0.3) is 6.08 Å². The molecule has 0 radical (unpaired) electrons. The minimum absolute atomic E-state index is 0.00644. The average Bonchev–Trinajstić information content (AvgIpc) is 3.03. The minimum Gasteiger partial charge on any atom is -0.493 e. The molecule has 2 rings (SSSR count). The number of nitrogens with zero attached hydrogens (tertiary/aromatic N) is 2. The van der Waals surface area contributed by atoms with Crippen molar-refractivity contribution in [1.82, 2.24) is 10.2 Å². The first-order valence-electron chi connectivity index (χ1n) is 7.83. The minimum atomic E-state index is -1.12. The second kappa shape index (κ2) is 8.95. The number of hydrogen-bond acceptors (Lipinski definition) is 7. The summed E-state index contributed by atoms with van der Waals surface area (Å²) in [5.41, 5.74) is 0.545. The molecule has 7 nitrogen and oxygen atoms in total. The summed E-state index contributed by atoms with van der Waals surface area (Å²) in [6, 6.07) is 3.26. The molecule has 0 saturated heterocycles. The van der Waals surface area contributed by atoms with E-state index in [0.717, 1.165) is 11.8 Å². The summed E-state index contributed by atoms with van der Waals surface area (Å²) in [7, 11) is 1.49. The molecule has 140 valence electrons. The maximum atomic E-state index is 11.6. The van der Waals surface area contributed by atoms with Crippen molar-refractivity contribution in [2.24, 2.45) is 0 Å². The van der Waals surface area contributed by atoms with E-state index in [-0.39, 0.29) is 16.2 Å². The second-order valence-corrected chi connectivity index (χ2v) is 6.83. The van der Waals surface area contributed by atoms with E-state index < -0.39 is 5.97 Å². The Balaban J connectivity index is 2.36. The zero-order valence-electron chi connectivity index (χ0n) is 14.8. The summed E-state index contributed by atoms with van der Waals surface area (Å²) >= 11 is 7.14. The summed E-state index contributed by atoms with van der Waals surface area (Å²) in [6.07, 6.45) is 1.94. The van der Waals surface area contributed by atoms with Crippen molar-refractivity contribution in [1.29, 1.82) is 0 Å². The van der Waals surface area contributed by atoms with Gasteiger partial charge in [-0.2, -0.15) is 0 Å². The number of carboxylic acid groups (broad SMARTS) is 1. The number of aliphatic carboxylic acids is 1. The Kier molecular flexibility index (Phi) is 6.93. The fourth-order valence-corrected chi connectivity index (χ4v) is 2.93. The van der Waals surface area contributed by atoms with Gasteiger partial charge in [-0.3, -0.25) is 0 Å². The van der Waals surface area contributed by atoms with Crippen LogP contribution in [0.4, 0.5) is 0 Å². The molecule has 1 aromatic carbocycles. The van der Waals surface area contributed by atoms with Crippen LogP contribution in [0.5, 0.6) is 11.5 Å². The fourth-order valence-electron chi connectivity index (χ4n) is 1.98. The molecule has 0 unspecified atom stereocenters. The van der Waals surface area contributed by atoms with E-state index in [2.05, 4.69) is 10.2 Å². The number of carboxylic acids is 1. The SMILES string of the molecule is CCc1nnc(S/C(=C\c2cc(Cl)c(OC(C)C)c(OC)c2)C(=O)O)o1. The molecular formula is C17H19ClN2O5S. The Labute approximate surface area is 160 Å². The van der Waals surface area contributed by atoms with Gasteiger partial charge in [0.2, 0.25) is 5.89 Å². The molecule has 0 aliphatic carbocycles. The third-order valence-electron chi connectivity index (χ3n) is 3.06. The Morgan fingerprint density at radius 1 is 1.42 bits per heavy atom. The highest BCUT2D eigenvalue weighted by atomic mass is 35.5. The zero-order chi connectivity index (χ0) is 19.3. The molecule has 2 aromatic rings. The van der Waals surface area contributed by atoms with Gasteiger partial charge in [-0.1, -0.05) is 18.5 Å². The summed E-state index contributed by atoms with van der Waals surface area (Å²) < 4.78 is 16.3. The summed E-state index contributed by atoms with van der Waals surface area (Å²) in [6.45, 7) is 5.61. The highest BCUT2D eigenvalue weighted by molar-refractivity contribution is 8.03. The standard InChI is InChI=1S/C17H19ClN2O5S/c1-5-14-19-20-17(25-14)26-13(16(21)22)8-10-6-11(18)15(24-9(2)3)12(7-10)23-4/h6-9H,5H2,1-4H3,(H,21,22)/b13-8-. The lowest BCUT2D eigenvalue weighted by Gasteiger charge is -2.15. The highest BCUT2D eigenvalue weighted by Crippen LogP contribution is 2.38. The topological polar surface area (TPSA) is 94.7 Å². The maximum absolute atomic E-state index is 11.6. The zero-order valence-corrected chi connectivity index (χ0v) is 16.3. The van der Waals surface area contributed by atoms with Crippen LogP contribution in [0, 0.1) is 0 Å². The van der Waals surface area contributed by atoms with E-state index in [9.17, 15) is 9.90 Å². The van der Waals surface area contributed by atoms with Gasteiger partial charge in [0.15, 0.2) is 11.5 Å². The van der Waals surface area contributed by atoms with Gasteiger partial charge in [-0.25, -0.2) is 4.79 Å². The molecule has 0 atom stereocenters. The normalized spacial score (nSPS) is 11.7. The molecule has 0 aliphatic heterocycles. The Hall–Kier alpha value is -2.19. The quantitative estimate of drug-likeness (QED) is 0.519. The van der Waals surface area contributed by atoms with Crippen LogP contribution in [0.1, 0.15) is 32.2 Å². The monoisotopic (exact) mass is 398 g/mol. The average molecular weight is 399 g/mol. The van der Waals surface area contributed by atoms with E-state index in [1.807, 2.05) is 20.8 Å². The third kappa shape index (κ3) is 5.15. The van der Waals surface area contributed by atoms with Crippen LogP contribution in [0.15, 0.2) is 26.7 Å². The Morgan fingerprint density at radius 2 is 2.15 bits per heavy atom. The fraction of sp³-hybridized carbons (Fsp3) is 0.353. The number of aryl methyl sites for hydroxylation is 1. The highest BCUT2D eigenvalue weighted by Gasteiger charge is 2.17. The molecule has 26 heavy (non-hydrogen) atoms. The van der Waals surface area contributed by atoms with Crippen LogP contribution in [-0.4, -0.2) is 34.5 Å². The predicted molar refractivity (Wildman–Crippen MR) is 98.9 cm³/mol.